The molecule has 0 saturated heterocycles. The number of carbonyl (C=O) groups is 1. The van der Waals surface area contributed by atoms with Crippen molar-refractivity contribution in [1.29, 1.82) is 0 Å². The number of nitrogens with zero attached hydrogens (tertiary/aromatic N) is 4. The Morgan fingerprint density at radius 1 is 1.27 bits per heavy atom. The molecule has 0 fully saturated rings. The van der Waals surface area contributed by atoms with Gasteiger partial charge in [-0.2, -0.15) is 10.1 Å². The number of amides is 1. The molecule has 1 atom stereocenters. The average molecular weight is 406 g/mol. The molecule has 1 amide bonds. The first kappa shape index (κ1) is 19.1. The van der Waals surface area contributed by atoms with Crippen LogP contribution < -0.4 is 15.4 Å². The second kappa shape index (κ2) is 7.66. The summed E-state index contributed by atoms with van der Waals surface area (Å²) < 4.78 is 6.84. The van der Waals surface area contributed by atoms with Crippen LogP contribution in [0, 0.1) is 10.1 Å². The second-order valence-electron chi connectivity index (χ2n) is 6.60. The number of fused-ring (bicyclic) bond motifs is 1. The fraction of sp³-hybridized carbons (Fsp3) is 0.150. The molecule has 2 aromatic carbocycles. The number of anilines is 2. The van der Waals surface area contributed by atoms with Gasteiger partial charge in [-0.25, -0.2) is 4.68 Å². The van der Waals surface area contributed by atoms with Gasteiger partial charge < -0.3 is 15.4 Å². The molecule has 1 aliphatic rings. The van der Waals surface area contributed by atoms with Gasteiger partial charge in [0.2, 0.25) is 5.95 Å². The van der Waals surface area contributed by atoms with Crippen LogP contribution in [0.2, 0.25) is 0 Å². The molecule has 4 rings (SSSR count). The van der Waals surface area contributed by atoms with Gasteiger partial charge in [0, 0.05) is 17.8 Å². The molecule has 2 N–H and O–H groups in total. The smallest absolute Gasteiger partial charge is 0.269 e. The maximum Gasteiger partial charge on any atom is 0.269 e. The van der Waals surface area contributed by atoms with Gasteiger partial charge in [-0.05, 0) is 24.6 Å². The molecular formula is C20H18N6O4. The number of non-ortho nitro benzene ring substituents is 1. The predicted molar refractivity (Wildman–Crippen MR) is 109 cm³/mol. The van der Waals surface area contributed by atoms with Crippen LogP contribution in [0.25, 0.3) is 0 Å². The van der Waals surface area contributed by atoms with E-state index in [1.54, 1.807) is 43.3 Å². The number of ether oxygens (including phenoxy) is 1. The summed E-state index contributed by atoms with van der Waals surface area (Å²) >= 11 is 0. The Morgan fingerprint density at radius 3 is 2.83 bits per heavy atom. The van der Waals surface area contributed by atoms with Gasteiger partial charge in [0.05, 0.1) is 23.3 Å². The van der Waals surface area contributed by atoms with Crippen LogP contribution >= 0.6 is 0 Å². The van der Waals surface area contributed by atoms with Gasteiger partial charge in [0.25, 0.3) is 11.6 Å². The maximum absolute atomic E-state index is 13.3. The van der Waals surface area contributed by atoms with E-state index >= 15 is 0 Å². The normalized spacial score (nSPS) is 15.2. The molecule has 0 radical (unpaired) electrons. The van der Waals surface area contributed by atoms with Gasteiger partial charge in [0.1, 0.15) is 18.1 Å². The first-order chi connectivity index (χ1) is 14.5. The van der Waals surface area contributed by atoms with E-state index in [4.69, 9.17) is 4.74 Å². The van der Waals surface area contributed by atoms with E-state index in [1.807, 2.05) is 0 Å². The van der Waals surface area contributed by atoms with Crippen LogP contribution in [0.5, 0.6) is 5.75 Å². The Bertz CT molecular complexity index is 1170. The van der Waals surface area contributed by atoms with Crippen LogP contribution in [0.4, 0.5) is 17.3 Å². The number of nitro benzene ring substituents is 1. The monoisotopic (exact) mass is 406 g/mol. The highest BCUT2D eigenvalue weighted by Crippen LogP contribution is 2.36. The predicted octanol–water partition coefficient (Wildman–Crippen LogP) is 3.12. The summed E-state index contributed by atoms with van der Waals surface area (Å²) in [5, 5.41) is 21.4. The third-order valence-electron chi connectivity index (χ3n) is 4.79. The molecule has 1 unspecified atom stereocenters. The number of allylic oxidation sites excluding steroid dienone is 1. The molecule has 1 aromatic heterocycles. The van der Waals surface area contributed by atoms with Crippen molar-refractivity contribution in [3.63, 3.8) is 0 Å². The highest BCUT2D eigenvalue weighted by molar-refractivity contribution is 6.06. The van der Waals surface area contributed by atoms with E-state index in [1.165, 1.54) is 30.3 Å². The number of aromatic nitrogens is 3. The summed E-state index contributed by atoms with van der Waals surface area (Å²) in [5.74, 6) is 0.571. The van der Waals surface area contributed by atoms with Crippen LogP contribution in [-0.4, -0.2) is 32.7 Å². The first-order valence-electron chi connectivity index (χ1n) is 9.05. The molecule has 0 spiro atoms. The molecular weight excluding hydrogens is 388 g/mol. The zero-order valence-corrected chi connectivity index (χ0v) is 16.2. The highest BCUT2D eigenvalue weighted by atomic mass is 16.6. The van der Waals surface area contributed by atoms with E-state index in [2.05, 4.69) is 20.7 Å². The zero-order chi connectivity index (χ0) is 21.3. The number of nitrogens with one attached hydrogen (secondary N) is 2. The Hall–Kier alpha value is -4.21. The van der Waals surface area contributed by atoms with E-state index in [0.717, 1.165) is 0 Å². The van der Waals surface area contributed by atoms with Gasteiger partial charge in [0.15, 0.2) is 0 Å². The van der Waals surface area contributed by atoms with Crippen molar-refractivity contribution in [1.82, 2.24) is 14.8 Å². The molecule has 152 valence electrons. The average Bonchev–Trinajstić information content (AvgIpc) is 3.21. The Labute approximate surface area is 171 Å². The lowest BCUT2D eigenvalue weighted by Crippen LogP contribution is -2.31. The van der Waals surface area contributed by atoms with E-state index in [-0.39, 0.29) is 11.6 Å². The Balaban J connectivity index is 1.79. The SMILES string of the molecule is COc1ccccc1NC(=O)C1=C(C)Nc2ncnn2C1c1cccc([N+](=O)[O-])c1. The number of carbonyl (C=O) groups excluding carboxylic acids is 1. The fourth-order valence-corrected chi connectivity index (χ4v) is 3.44. The minimum Gasteiger partial charge on any atom is -0.495 e. The van der Waals surface area contributed by atoms with Crippen molar-refractivity contribution in [2.24, 2.45) is 0 Å². The van der Waals surface area contributed by atoms with Gasteiger partial charge in [-0.15, -0.1) is 0 Å². The minimum absolute atomic E-state index is 0.0742. The lowest BCUT2D eigenvalue weighted by atomic mass is 9.94. The Morgan fingerprint density at radius 2 is 2.07 bits per heavy atom. The van der Waals surface area contributed by atoms with Crippen molar-refractivity contribution in [2.45, 2.75) is 13.0 Å². The van der Waals surface area contributed by atoms with Gasteiger partial charge in [-0.3, -0.25) is 14.9 Å². The summed E-state index contributed by atoms with van der Waals surface area (Å²) in [5.41, 5.74) is 1.91. The molecule has 2 heterocycles. The van der Waals surface area contributed by atoms with Crippen LogP contribution in [0.15, 0.2) is 66.1 Å². The van der Waals surface area contributed by atoms with Crippen molar-refractivity contribution >= 4 is 23.2 Å². The summed E-state index contributed by atoms with van der Waals surface area (Å²) in [6.45, 7) is 1.75. The van der Waals surface area contributed by atoms with Crippen molar-refractivity contribution < 1.29 is 14.5 Å². The summed E-state index contributed by atoms with van der Waals surface area (Å²) in [7, 11) is 1.52. The lowest BCUT2D eigenvalue weighted by Gasteiger charge is -2.28. The molecule has 3 aromatic rings. The number of rotatable bonds is 5. The summed E-state index contributed by atoms with van der Waals surface area (Å²) in [6, 6.07) is 12.5. The number of benzene rings is 2. The standard InChI is InChI=1S/C20H18N6O4/c1-12-17(19(27)24-15-8-3-4-9-16(15)30-2)18(25-20(23-12)21-11-22-25)13-6-5-7-14(10-13)26(28)29/h3-11,18H,1-2H3,(H,24,27)(H,21,22,23). The van der Waals surface area contributed by atoms with Crippen molar-refractivity contribution in [3.8, 4) is 5.75 Å². The molecule has 30 heavy (non-hydrogen) atoms. The van der Waals surface area contributed by atoms with Crippen LogP contribution in [0.3, 0.4) is 0 Å². The molecule has 0 bridgehead atoms. The van der Waals surface area contributed by atoms with Gasteiger partial charge >= 0.3 is 0 Å². The first-order valence-corrected chi connectivity index (χ1v) is 9.05. The largest absolute Gasteiger partial charge is 0.495 e. The third-order valence-corrected chi connectivity index (χ3v) is 4.79. The van der Waals surface area contributed by atoms with E-state index in [9.17, 15) is 14.9 Å². The molecule has 1 aliphatic heterocycles. The molecule has 10 nitrogen and oxygen atoms in total. The number of hydrogen-bond donors (Lipinski definition) is 2. The van der Waals surface area contributed by atoms with Crippen molar-refractivity contribution in [2.75, 3.05) is 17.7 Å². The Kier molecular flexibility index (Phi) is 4.88. The summed E-state index contributed by atoms with van der Waals surface area (Å²) in [6.07, 6.45) is 1.36. The number of para-hydroxylation sites is 2. The minimum atomic E-state index is -0.696. The lowest BCUT2D eigenvalue weighted by molar-refractivity contribution is -0.384. The zero-order valence-electron chi connectivity index (χ0n) is 16.2. The van der Waals surface area contributed by atoms with Crippen molar-refractivity contribution in [3.05, 3.63) is 81.8 Å². The molecule has 10 heteroatoms. The quantitative estimate of drug-likeness (QED) is 0.493. The molecule has 0 saturated carbocycles. The summed E-state index contributed by atoms with van der Waals surface area (Å²) in [4.78, 5) is 28.3. The number of nitro groups is 1. The third kappa shape index (κ3) is 3.34. The van der Waals surface area contributed by atoms with Crippen LogP contribution in [0.1, 0.15) is 18.5 Å². The van der Waals surface area contributed by atoms with E-state index in [0.29, 0.717) is 34.2 Å². The van der Waals surface area contributed by atoms with Crippen LogP contribution in [-0.2, 0) is 4.79 Å². The second-order valence-corrected chi connectivity index (χ2v) is 6.60. The number of hydrogen-bond acceptors (Lipinski definition) is 7. The maximum atomic E-state index is 13.3. The highest BCUT2D eigenvalue weighted by Gasteiger charge is 2.34. The topological polar surface area (TPSA) is 124 Å². The van der Waals surface area contributed by atoms with E-state index < -0.39 is 11.0 Å². The van der Waals surface area contributed by atoms with Gasteiger partial charge in [-0.1, -0.05) is 24.3 Å². The molecule has 0 aliphatic carbocycles. The number of methoxy groups -OCH3 is 1. The fourth-order valence-electron chi connectivity index (χ4n) is 3.44.